The van der Waals surface area contributed by atoms with Crippen molar-refractivity contribution in [1.82, 2.24) is 9.80 Å². The Labute approximate surface area is 180 Å². The summed E-state index contributed by atoms with van der Waals surface area (Å²) in [6.45, 7) is 5.50. The van der Waals surface area contributed by atoms with Gasteiger partial charge in [0.15, 0.2) is 0 Å². The molecule has 1 spiro atoms. The van der Waals surface area contributed by atoms with E-state index in [1.54, 1.807) is 30.2 Å². The molecular formula is C24H24N2O5. The smallest absolute Gasteiger partial charge is 0.304 e. The summed E-state index contributed by atoms with van der Waals surface area (Å²) in [7, 11) is 1.59. The van der Waals surface area contributed by atoms with Crippen LogP contribution >= 0.6 is 0 Å². The average Bonchev–Trinajstić information content (AvgIpc) is 3.16. The highest BCUT2D eigenvalue weighted by Crippen LogP contribution is 2.50. The van der Waals surface area contributed by atoms with Crippen LogP contribution in [0.4, 0.5) is 0 Å². The second-order valence-corrected chi connectivity index (χ2v) is 7.68. The highest BCUT2D eigenvalue weighted by Gasteiger charge is 2.63. The first-order valence-corrected chi connectivity index (χ1v) is 10.0. The van der Waals surface area contributed by atoms with Crippen molar-refractivity contribution in [1.29, 1.82) is 0 Å². The molecule has 0 saturated carbocycles. The van der Waals surface area contributed by atoms with Crippen LogP contribution in [0.3, 0.4) is 0 Å². The van der Waals surface area contributed by atoms with Crippen molar-refractivity contribution < 1.29 is 23.9 Å². The van der Waals surface area contributed by atoms with Crippen LogP contribution in [0.1, 0.15) is 34.8 Å². The minimum absolute atomic E-state index is 0.0255. The zero-order chi connectivity index (χ0) is 22.2. The summed E-state index contributed by atoms with van der Waals surface area (Å²) in [6, 6.07) is 14.6. The summed E-state index contributed by atoms with van der Waals surface area (Å²) in [5, 5.41) is 0. The Morgan fingerprint density at radius 1 is 1.19 bits per heavy atom. The van der Waals surface area contributed by atoms with Gasteiger partial charge in [-0.05, 0) is 29.3 Å². The summed E-state index contributed by atoms with van der Waals surface area (Å²) < 4.78 is 10.9. The summed E-state index contributed by atoms with van der Waals surface area (Å²) >= 11 is 0. The number of likely N-dealkylation sites (tertiary alicyclic amines) is 1. The van der Waals surface area contributed by atoms with Crippen molar-refractivity contribution in [3.05, 3.63) is 77.9 Å². The van der Waals surface area contributed by atoms with Gasteiger partial charge in [0.05, 0.1) is 13.5 Å². The fourth-order valence-electron chi connectivity index (χ4n) is 4.57. The van der Waals surface area contributed by atoms with Gasteiger partial charge in [0.25, 0.3) is 5.91 Å². The molecule has 2 aliphatic heterocycles. The summed E-state index contributed by atoms with van der Waals surface area (Å²) in [6.07, 6.45) is 0.670. The molecular weight excluding hydrogens is 396 g/mol. The van der Waals surface area contributed by atoms with E-state index in [1.165, 1.54) is 11.8 Å². The number of fused-ring (bicyclic) bond motifs is 2. The standard InChI is InChI=1S/C24H24N2O5/c1-4-13-25-21(28)14-24(23(25)31-16(2)27)20-8-6-5-7-19(20)22(29)26(24)15-17-9-11-18(30-3)12-10-17/h4-12,23H,1,13-15H2,2-3H3/t23-,24-/m1/s1. The van der Waals surface area contributed by atoms with Crippen LogP contribution in [0.5, 0.6) is 5.75 Å². The van der Waals surface area contributed by atoms with Gasteiger partial charge in [-0.3, -0.25) is 14.4 Å². The molecule has 160 valence electrons. The van der Waals surface area contributed by atoms with Gasteiger partial charge in [-0.2, -0.15) is 0 Å². The number of hydrogen-bond donors (Lipinski definition) is 0. The fourth-order valence-corrected chi connectivity index (χ4v) is 4.57. The highest BCUT2D eigenvalue weighted by molar-refractivity contribution is 6.02. The molecule has 0 aliphatic carbocycles. The van der Waals surface area contributed by atoms with Gasteiger partial charge in [0.1, 0.15) is 11.3 Å². The van der Waals surface area contributed by atoms with E-state index in [0.29, 0.717) is 16.9 Å². The molecule has 1 fully saturated rings. The predicted molar refractivity (Wildman–Crippen MR) is 113 cm³/mol. The van der Waals surface area contributed by atoms with Crippen LogP contribution in [-0.4, -0.2) is 47.5 Å². The molecule has 2 atom stereocenters. The third-order valence-corrected chi connectivity index (χ3v) is 5.89. The van der Waals surface area contributed by atoms with Gasteiger partial charge in [-0.25, -0.2) is 0 Å². The van der Waals surface area contributed by atoms with Crippen LogP contribution < -0.4 is 4.74 Å². The number of amides is 2. The van der Waals surface area contributed by atoms with E-state index in [2.05, 4.69) is 6.58 Å². The molecule has 7 heteroatoms. The van der Waals surface area contributed by atoms with Gasteiger partial charge in [0.2, 0.25) is 12.1 Å². The van der Waals surface area contributed by atoms with Gasteiger partial charge in [0, 0.05) is 25.6 Å². The second-order valence-electron chi connectivity index (χ2n) is 7.68. The maximum atomic E-state index is 13.5. The van der Waals surface area contributed by atoms with Crippen molar-refractivity contribution in [2.75, 3.05) is 13.7 Å². The van der Waals surface area contributed by atoms with Crippen LogP contribution in [-0.2, 0) is 26.4 Å². The third-order valence-electron chi connectivity index (χ3n) is 5.89. The monoisotopic (exact) mass is 420 g/mol. The Hall–Kier alpha value is -3.61. The number of nitrogens with zero attached hydrogens (tertiary/aromatic N) is 2. The van der Waals surface area contributed by atoms with Gasteiger partial charge >= 0.3 is 5.97 Å². The minimum Gasteiger partial charge on any atom is -0.497 e. The zero-order valence-corrected chi connectivity index (χ0v) is 17.5. The number of benzene rings is 2. The van der Waals surface area contributed by atoms with Crippen molar-refractivity contribution in [2.45, 2.75) is 31.7 Å². The molecule has 31 heavy (non-hydrogen) atoms. The number of hydrogen-bond acceptors (Lipinski definition) is 5. The first kappa shape index (κ1) is 20.7. The molecule has 1 saturated heterocycles. The van der Waals surface area contributed by atoms with Gasteiger partial charge in [-0.15, -0.1) is 6.58 Å². The maximum Gasteiger partial charge on any atom is 0.304 e. The van der Waals surface area contributed by atoms with Crippen LogP contribution in [0, 0.1) is 0 Å². The van der Waals surface area contributed by atoms with Crippen LogP contribution in [0.15, 0.2) is 61.2 Å². The molecule has 7 nitrogen and oxygen atoms in total. The van der Waals surface area contributed by atoms with Crippen molar-refractivity contribution >= 4 is 17.8 Å². The molecule has 2 amide bonds. The van der Waals surface area contributed by atoms with Gasteiger partial charge in [-0.1, -0.05) is 36.4 Å². The lowest BCUT2D eigenvalue weighted by Crippen LogP contribution is -2.54. The zero-order valence-electron chi connectivity index (χ0n) is 17.5. The van der Waals surface area contributed by atoms with Crippen molar-refractivity contribution in [3.8, 4) is 5.75 Å². The average molecular weight is 420 g/mol. The topological polar surface area (TPSA) is 76.2 Å². The van der Waals surface area contributed by atoms with E-state index in [-0.39, 0.29) is 31.3 Å². The number of carbonyl (C=O) groups is 3. The highest BCUT2D eigenvalue weighted by atomic mass is 16.6. The van der Waals surface area contributed by atoms with Crippen LogP contribution in [0.2, 0.25) is 0 Å². The van der Waals surface area contributed by atoms with E-state index in [1.807, 2.05) is 36.4 Å². The Morgan fingerprint density at radius 2 is 1.90 bits per heavy atom. The lowest BCUT2D eigenvalue weighted by atomic mass is 9.86. The molecule has 2 heterocycles. The summed E-state index contributed by atoms with van der Waals surface area (Å²) in [5.74, 6) is -0.206. The molecule has 0 radical (unpaired) electrons. The number of esters is 1. The van der Waals surface area contributed by atoms with E-state index in [0.717, 1.165) is 5.56 Å². The Balaban J connectivity index is 1.85. The number of ether oxygens (including phenoxy) is 2. The molecule has 2 aliphatic rings. The minimum atomic E-state index is -1.11. The molecule has 0 aromatic heterocycles. The Morgan fingerprint density at radius 3 is 2.55 bits per heavy atom. The number of rotatable bonds is 6. The van der Waals surface area contributed by atoms with Gasteiger partial charge < -0.3 is 19.3 Å². The van der Waals surface area contributed by atoms with Crippen LogP contribution in [0.25, 0.3) is 0 Å². The predicted octanol–water partition coefficient (Wildman–Crippen LogP) is 2.85. The molecule has 0 N–H and O–H groups in total. The van der Waals surface area contributed by atoms with E-state index < -0.39 is 17.7 Å². The summed E-state index contributed by atoms with van der Waals surface area (Å²) in [4.78, 5) is 41.7. The lowest BCUT2D eigenvalue weighted by Gasteiger charge is -2.40. The quantitative estimate of drug-likeness (QED) is 0.531. The molecule has 2 aromatic rings. The maximum absolute atomic E-state index is 13.5. The summed E-state index contributed by atoms with van der Waals surface area (Å²) in [5.41, 5.74) is 0.970. The van der Waals surface area contributed by atoms with E-state index >= 15 is 0 Å². The number of methoxy groups -OCH3 is 1. The SMILES string of the molecule is C=CCN1C(=O)C[C@@]2(c3ccccc3C(=O)N2Cc2ccc(OC)cc2)[C@H]1OC(C)=O. The molecule has 2 aromatic carbocycles. The van der Waals surface area contributed by atoms with E-state index in [4.69, 9.17) is 9.47 Å². The molecule has 0 bridgehead atoms. The molecule has 4 rings (SSSR count). The van der Waals surface area contributed by atoms with Crippen molar-refractivity contribution in [3.63, 3.8) is 0 Å². The Bertz CT molecular complexity index is 1050. The first-order valence-electron chi connectivity index (χ1n) is 10.0. The second kappa shape index (κ2) is 7.91. The lowest BCUT2D eigenvalue weighted by molar-refractivity contribution is -0.166. The Kier molecular flexibility index (Phi) is 5.27. The largest absolute Gasteiger partial charge is 0.497 e. The van der Waals surface area contributed by atoms with E-state index in [9.17, 15) is 14.4 Å². The third kappa shape index (κ3) is 3.26. The van der Waals surface area contributed by atoms with Crippen molar-refractivity contribution in [2.24, 2.45) is 0 Å². The number of carbonyl (C=O) groups excluding carboxylic acids is 3. The normalized spacial score (nSPS) is 22.1. The molecule has 0 unspecified atom stereocenters. The fraction of sp³-hybridized carbons (Fsp3) is 0.292. The first-order chi connectivity index (χ1) is 14.9.